The lowest BCUT2D eigenvalue weighted by Gasteiger charge is -2.25. The van der Waals surface area contributed by atoms with Crippen molar-refractivity contribution in [2.45, 2.75) is 30.7 Å². The standard InChI is InChI=1S/C23H23Cl2FN6O/c1-31(2)22(33)17-16(27)4-3-14(20(17)26)15-9-28-21-18(19(15)25)23(11-29-21)6-5-13(7-23)32-10-12(24)8-30-32/h3-4,8-10,13H,5-7,11,27H2,1-2H3,(H,28,29)/t13-,23+/m1/s1. The molecule has 1 spiro atoms. The van der Waals surface area contributed by atoms with Crippen molar-refractivity contribution in [2.24, 2.45) is 0 Å². The molecule has 0 bridgehead atoms. The van der Waals surface area contributed by atoms with Crippen molar-refractivity contribution in [3.05, 3.63) is 57.7 Å². The van der Waals surface area contributed by atoms with E-state index in [1.54, 1.807) is 32.6 Å². The van der Waals surface area contributed by atoms with Crippen LogP contribution in [-0.4, -0.2) is 46.2 Å². The van der Waals surface area contributed by atoms with Gasteiger partial charge in [0.25, 0.3) is 5.91 Å². The highest BCUT2D eigenvalue weighted by Crippen LogP contribution is 2.54. The van der Waals surface area contributed by atoms with E-state index in [-0.39, 0.29) is 28.3 Å². The van der Waals surface area contributed by atoms with Crippen LogP contribution >= 0.6 is 23.2 Å². The van der Waals surface area contributed by atoms with Gasteiger partial charge in [0.15, 0.2) is 0 Å². The van der Waals surface area contributed by atoms with Gasteiger partial charge in [0.05, 0.1) is 27.8 Å². The van der Waals surface area contributed by atoms with Crippen LogP contribution in [0.25, 0.3) is 11.1 Å². The second-order valence-corrected chi connectivity index (χ2v) is 9.78. The molecule has 1 amide bonds. The number of hydrogen-bond acceptors (Lipinski definition) is 5. The van der Waals surface area contributed by atoms with Crippen molar-refractivity contribution < 1.29 is 9.18 Å². The highest BCUT2D eigenvalue weighted by Gasteiger charge is 2.48. The van der Waals surface area contributed by atoms with Crippen LogP contribution in [0, 0.1) is 5.82 Å². The number of nitrogens with two attached hydrogens (primary N) is 1. The molecule has 33 heavy (non-hydrogen) atoms. The SMILES string of the molecule is CN(C)C(=O)c1c(N)ccc(-c2cnc3c(c2Cl)[C@]2(CC[C@@H](n4cc(Cl)cn4)C2)CN3)c1F. The summed E-state index contributed by atoms with van der Waals surface area (Å²) in [6.07, 6.45) is 7.62. The third kappa shape index (κ3) is 3.43. The Morgan fingerprint density at radius 2 is 2.09 bits per heavy atom. The number of aromatic nitrogens is 3. The molecule has 1 aliphatic heterocycles. The number of pyridine rings is 1. The third-order valence-corrected chi connectivity index (χ3v) is 7.34. The fourth-order valence-electron chi connectivity index (χ4n) is 5.10. The van der Waals surface area contributed by atoms with E-state index in [9.17, 15) is 4.79 Å². The van der Waals surface area contributed by atoms with E-state index >= 15 is 4.39 Å². The van der Waals surface area contributed by atoms with Gasteiger partial charge < -0.3 is 16.0 Å². The molecule has 3 heterocycles. The molecule has 2 aromatic heterocycles. The van der Waals surface area contributed by atoms with Crippen LogP contribution in [0.15, 0.2) is 30.7 Å². The van der Waals surface area contributed by atoms with Crippen molar-refractivity contribution >= 4 is 40.6 Å². The zero-order valence-electron chi connectivity index (χ0n) is 18.2. The molecule has 7 nitrogen and oxygen atoms in total. The zero-order chi connectivity index (χ0) is 23.5. The van der Waals surface area contributed by atoms with Crippen molar-refractivity contribution in [1.82, 2.24) is 19.7 Å². The maximum absolute atomic E-state index is 15.6. The van der Waals surface area contributed by atoms with Crippen molar-refractivity contribution in [2.75, 3.05) is 31.7 Å². The molecule has 1 saturated carbocycles. The fourth-order valence-corrected chi connectivity index (χ4v) is 5.69. The Balaban J connectivity index is 1.58. The Bertz CT molecular complexity index is 1280. The number of rotatable bonds is 3. The molecule has 0 saturated heterocycles. The average molecular weight is 489 g/mol. The summed E-state index contributed by atoms with van der Waals surface area (Å²) in [5, 5.41) is 8.79. The van der Waals surface area contributed by atoms with E-state index in [4.69, 9.17) is 28.9 Å². The first kappa shape index (κ1) is 22.0. The Morgan fingerprint density at radius 1 is 1.30 bits per heavy atom. The highest BCUT2D eigenvalue weighted by molar-refractivity contribution is 6.34. The minimum absolute atomic E-state index is 0.0786. The summed E-state index contributed by atoms with van der Waals surface area (Å²) < 4.78 is 17.5. The monoisotopic (exact) mass is 488 g/mol. The first-order valence-corrected chi connectivity index (χ1v) is 11.4. The van der Waals surface area contributed by atoms with Crippen LogP contribution in [0.1, 0.15) is 41.2 Å². The lowest BCUT2D eigenvalue weighted by molar-refractivity contribution is 0.0824. The number of carbonyl (C=O) groups excluding carboxylic acids is 1. The first-order chi connectivity index (χ1) is 15.7. The molecule has 2 aliphatic rings. The Kier molecular flexibility index (Phi) is 5.25. The number of hydrogen-bond donors (Lipinski definition) is 2. The number of halogens is 3. The maximum Gasteiger partial charge on any atom is 0.258 e. The number of nitrogens with one attached hydrogen (secondary N) is 1. The molecule has 5 rings (SSSR count). The van der Waals surface area contributed by atoms with Crippen LogP contribution in [0.4, 0.5) is 15.9 Å². The summed E-state index contributed by atoms with van der Waals surface area (Å²) >= 11 is 13.0. The summed E-state index contributed by atoms with van der Waals surface area (Å²) in [5.74, 6) is -0.497. The number of carbonyl (C=O) groups is 1. The van der Waals surface area contributed by atoms with Gasteiger partial charge in [0, 0.05) is 60.8 Å². The molecule has 1 aliphatic carbocycles. The molecule has 1 fully saturated rings. The van der Waals surface area contributed by atoms with Crippen LogP contribution in [0.5, 0.6) is 0 Å². The summed E-state index contributed by atoms with van der Waals surface area (Å²) in [6.45, 7) is 0.693. The van der Waals surface area contributed by atoms with Crippen LogP contribution < -0.4 is 11.1 Å². The van der Waals surface area contributed by atoms with E-state index in [1.807, 2.05) is 10.9 Å². The largest absolute Gasteiger partial charge is 0.398 e. The number of anilines is 2. The van der Waals surface area contributed by atoms with E-state index in [0.29, 0.717) is 28.0 Å². The van der Waals surface area contributed by atoms with E-state index in [1.165, 1.54) is 11.0 Å². The summed E-state index contributed by atoms with van der Waals surface area (Å²) in [5.41, 5.74) is 7.13. The number of benzene rings is 1. The molecule has 1 aromatic carbocycles. The molecule has 0 unspecified atom stereocenters. The van der Waals surface area contributed by atoms with Gasteiger partial charge in [-0.3, -0.25) is 9.48 Å². The molecule has 3 N–H and O–H groups in total. The first-order valence-electron chi connectivity index (χ1n) is 10.6. The number of fused-ring (bicyclic) bond motifs is 2. The van der Waals surface area contributed by atoms with E-state index < -0.39 is 11.7 Å². The van der Waals surface area contributed by atoms with Crippen molar-refractivity contribution in [3.8, 4) is 11.1 Å². The number of amides is 1. The van der Waals surface area contributed by atoms with Gasteiger partial charge in [0.2, 0.25) is 0 Å². The van der Waals surface area contributed by atoms with Gasteiger partial charge in [-0.2, -0.15) is 5.10 Å². The summed E-state index contributed by atoms with van der Waals surface area (Å²) in [4.78, 5) is 18.4. The van der Waals surface area contributed by atoms with Gasteiger partial charge in [-0.1, -0.05) is 23.2 Å². The molecule has 3 aromatic rings. The number of nitrogen functional groups attached to an aromatic ring is 1. The van der Waals surface area contributed by atoms with E-state index in [2.05, 4.69) is 15.4 Å². The molecule has 0 radical (unpaired) electrons. The average Bonchev–Trinajstić information content (AvgIpc) is 3.49. The molecule has 10 heteroatoms. The molecule has 2 atom stereocenters. The van der Waals surface area contributed by atoms with Crippen molar-refractivity contribution in [3.63, 3.8) is 0 Å². The van der Waals surface area contributed by atoms with Crippen LogP contribution in [-0.2, 0) is 5.41 Å². The minimum Gasteiger partial charge on any atom is -0.398 e. The predicted molar refractivity (Wildman–Crippen MR) is 127 cm³/mol. The maximum atomic E-state index is 15.6. The molecular weight excluding hydrogens is 466 g/mol. The molecule has 172 valence electrons. The van der Waals surface area contributed by atoms with Crippen molar-refractivity contribution in [1.29, 1.82) is 0 Å². The molecular formula is C23H23Cl2FN6O. The Hall–Kier alpha value is -2.84. The van der Waals surface area contributed by atoms with Crippen LogP contribution in [0.3, 0.4) is 0 Å². The summed E-state index contributed by atoms with van der Waals surface area (Å²) in [7, 11) is 3.10. The Labute approximate surface area is 200 Å². The Morgan fingerprint density at radius 3 is 2.79 bits per heavy atom. The normalized spacial score (nSPS) is 21.3. The second-order valence-electron chi connectivity index (χ2n) is 8.97. The van der Waals surface area contributed by atoms with E-state index in [0.717, 1.165) is 24.8 Å². The lowest BCUT2D eigenvalue weighted by atomic mass is 9.80. The zero-order valence-corrected chi connectivity index (χ0v) is 19.7. The second kappa shape index (κ2) is 7.88. The summed E-state index contributed by atoms with van der Waals surface area (Å²) in [6, 6.07) is 3.26. The number of nitrogens with zero attached hydrogens (tertiary/aromatic N) is 4. The van der Waals surface area contributed by atoms with Gasteiger partial charge in [-0.25, -0.2) is 9.37 Å². The van der Waals surface area contributed by atoms with Gasteiger partial charge in [0.1, 0.15) is 11.6 Å². The third-order valence-electron chi connectivity index (χ3n) is 6.75. The van der Waals surface area contributed by atoms with Gasteiger partial charge >= 0.3 is 0 Å². The fraction of sp³-hybridized carbons (Fsp3) is 0.348. The quantitative estimate of drug-likeness (QED) is 0.518. The minimum atomic E-state index is -0.701. The lowest BCUT2D eigenvalue weighted by Crippen LogP contribution is -2.26. The highest BCUT2D eigenvalue weighted by atomic mass is 35.5. The van der Waals surface area contributed by atoms with Gasteiger partial charge in [-0.15, -0.1) is 0 Å². The smallest absolute Gasteiger partial charge is 0.258 e. The van der Waals surface area contributed by atoms with Gasteiger partial charge in [-0.05, 0) is 31.4 Å². The predicted octanol–water partition coefficient (Wildman–Crippen LogP) is 4.76. The topological polar surface area (TPSA) is 89.1 Å². The van der Waals surface area contributed by atoms with Crippen LogP contribution in [0.2, 0.25) is 10.0 Å².